The van der Waals surface area contributed by atoms with Crippen molar-refractivity contribution in [3.05, 3.63) is 47.0 Å². The highest BCUT2D eigenvalue weighted by molar-refractivity contribution is 6.30. The third kappa shape index (κ3) is 2.97. The highest BCUT2D eigenvalue weighted by Gasteiger charge is 2.50. The summed E-state index contributed by atoms with van der Waals surface area (Å²) in [5, 5.41) is 0.301. The number of benzene rings is 1. The maximum atomic E-state index is 13.2. The summed E-state index contributed by atoms with van der Waals surface area (Å²) in [4.78, 5) is 12.0. The Labute approximate surface area is 130 Å². The molecule has 0 N–H and O–H groups in total. The lowest BCUT2D eigenvalue weighted by molar-refractivity contribution is -0.188. The van der Waals surface area contributed by atoms with E-state index in [-0.39, 0.29) is 23.5 Å². The number of hydrogen-bond acceptors (Lipinski definition) is 3. The van der Waals surface area contributed by atoms with Gasteiger partial charge in [-0.15, -0.1) is 0 Å². The molecule has 118 valence electrons. The predicted molar refractivity (Wildman–Crippen MR) is 75.7 cm³/mol. The first-order chi connectivity index (χ1) is 10.3. The first-order valence-corrected chi connectivity index (χ1v) is 6.74. The minimum Gasteiger partial charge on any atom is -0.475 e. The molecule has 0 spiro atoms. The number of carbonyl (C=O) groups excluding carboxylic acids is 1. The van der Waals surface area contributed by atoms with E-state index in [9.17, 15) is 18.0 Å². The smallest absolute Gasteiger partial charge is 0.430 e. The van der Waals surface area contributed by atoms with Crippen LogP contribution in [0.5, 0.6) is 5.75 Å². The summed E-state index contributed by atoms with van der Waals surface area (Å²) >= 11 is 5.86. The van der Waals surface area contributed by atoms with Gasteiger partial charge in [-0.1, -0.05) is 24.3 Å². The predicted octanol–water partition coefficient (Wildman–Crippen LogP) is 4.17. The zero-order chi connectivity index (χ0) is 16.5. The van der Waals surface area contributed by atoms with E-state index in [4.69, 9.17) is 21.1 Å². The van der Waals surface area contributed by atoms with Gasteiger partial charge in [0.1, 0.15) is 5.75 Å². The number of halogens is 4. The van der Waals surface area contributed by atoms with Crippen molar-refractivity contribution in [1.29, 1.82) is 0 Å². The highest BCUT2D eigenvalue weighted by atomic mass is 35.5. The topological polar surface area (TPSA) is 35.5 Å². The van der Waals surface area contributed by atoms with Crippen molar-refractivity contribution < 1.29 is 27.4 Å². The molecule has 2 rings (SSSR count). The number of hydrogen-bond donors (Lipinski definition) is 0. The highest BCUT2D eigenvalue weighted by Crippen LogP contribution is 2.43. The van der Waals surface area contributed by atoms with E-state index in [1.54, 1.807) is 0 Å². The monoisotopic (exact) mass is 332 g/mol. The van der Waals surface area contributed by atoms with Gasteiger partial charge in [0, 0.05) is 10.6 Å². The lowest BCUT2D eigenvalue weighted by Gasteiger charge is -2.30. The van der Waals surface area contributed by atoms with Gasteiger partial charge in [-0.25, -0.2) is 4.79 Å². The van der Waals surface area contributed by atoms with E-state index in [1.807, 2.05) is 0 Å². The molecule has 1 atom stereocenters. The molecule has 0 bridgehead atoms. The second-order valence-corrected chi connectivity index (χ2v) is 4.87. The van der Waals surface area contributed by atoms with Crippen molar-refractivity contribution in [3.8, 4) is 5.75 Å². The number of esters is 1. The van der Waals surface area contributed by atoms with E-state index in [2.05, 4.69) is 6.58 Å². The Morgan fingerprint density at radius 3 is 2.73 bits per heavy atom. The van der Waals surface area contributed by atoms with Crippen LogP contribution in [0, 0.1) is 0 Å². The number of rotatable bonds is 3. The van der Waals surface area contributed by atoms with Gasteiger partial charge in [-0.3, -0.25) is 0 Å². The molecule has 7 heteroatoms. The fraction of sp³-hybridized carbons (Fsp3) is 0.267. The van der Waals surface area contributed by atoms with Gasteiger partial charge in [0.05, 0.1) is 12.2 Å². The van der Waals surface area contributed by atoms with Gasteiger partial charge < -0.3 is 9.47 Å². The molecule has 0 saturated heterocycles. The second kappa shape index (κ2) is 6.04. The Morgan fingerprint density at radius 1 is 1.50 bits per heavy atom. The lowest BCUT2D eigenvalue weighted by atomic mass is 9.92. The fourth-order valence-electron chi connectivity index (χ4n) is 2.16. The van der Waals surface area contributed by atoms with E-state index < -0.39 is 23.8 Å². The Kier molecular flexibility index (Phi) is 4.51. The van der Waals surface area contributed by atoms with Crippen LogP contribution in [-0.2, 0) is 9.53 Å². The summed E-state index contributed by atoms with van der Waals surface area (Å²) in [5.74, 6) is -1.11. The molecular weight excluding hydrogens is 321 g/mol. The standard InChI is InChI=1S/C15H12ClF3O3/c1-3-9-10-7-8(16)5-6-11(10)22-13(15(17,18)19)12(9)14(20)21-4-2/h3,5-7,13H,1,4H2,2H3. The molecule has 0 radical (unpaired) electrons. The van der Waals surface area contributed by atoms with Crippen LogP contribution in [0.3, 0.4) is 0 Å². The molecule has 1 aliphatic heterocycles. The van der Waals surface area contributed by atoms with Gasteiger partial charge in [0.2, 0.25) is 6.10 Å². The Bertz CT molecular complexity index is 650. The maximum Gasteiger partial charge on any atom is 0.430 e. The molecule has 3 nitrogen and oxygen atoms in total. The van der Waals surface area contributed by atoms with Crippen LogP contribution < -0.4 is 4.74 Å². The van der Waals surface area contributed by atoms with Crippen molar-refractivity contribution in [2.24, 2.45) is 0 Å². The van der Waals surface area contributed by atoms with Crippen molar-refractivity contribution in [3.63, 3.8) is 0 Å². The largest absolute Gasteiger partial charge is 0.475 e. The normalized spacial score (nSPS) is 17.6. The number of allylic oxidation sites excluding steroid dienone is 2. The third-order valence-electron chi connectivity index (χ3n) is 3.03. The van der Waals surface area contributed by atoms with Crippen LogP contribution in [0.25, 0.3) is 5.57 Å². The first-order valence-electron chi connectivity index (χ1n) is 6.36. The summed E-state index contributed by atoms with van der Waals surface area (Å²) in [6.45, 7) is 4.94. The number of fused-ring (bicyclic) bond motifs is 1. The second-order valence-electron chi connectivity index (χ2n) is 4.43. The Morgan fingerprint density at radius 2 is 2.18 bits per heavy atom. The molecule has 1 aromatic rings. The van der Waals surface area contributed by atoms with Crippen LogP contribution in [0.4, 0.5) is 13.2 Å². The van der Waals surface area contributed by atoms with Gasteiger partial charge in [-0.05, 0) is 30.7 Å². The summed E-state index contributed by atoms with van der Waals surface area (Å²) in [6.07, 6.45) is -6.01. The molecule has 1 aliphatic rings. The summed E-state index contributed by atoms with van der Waals surface area (Å²) in [6, 6.07) is 4.14. The van der Waals surface area contributed by atoms with Crippen LogP contribution in [0.1, 0.15) is 12.5 Å². The lowest BCUT2D eigenvalue weighted by Crippen LogP contribution is -2.41. The molecule has 0 fully saturated rings. The summed E-state index contributed by atoms with van der Waals surface area (Å²) in [5.41, 5.74) is -0.352. The van der Waals surface area contributed by atoms with Crippen molar-refractivity contribution in [1.82, 2.24) is 0 Å². The number of carbonyl (C=O) groups is 1. The van der Waals surface area contributed by atoms with Gasteiger partial charge >= 0.3 is 12.1 Å². The number of alkyl halides is 3. The average Bonchev–Trinajstić information content (AvgIpc) is 2.44. The molecule has 0 aromatic heterocycles. The molecule has 1 aromatic carbocycles. The molecule has 22 heavy (non-hydrogen) atoms. The van der Waals surface area contributed by atoms with Gasteiger partial charge in [0.25, 0.3) is 0 Å². The maximum absolute atomic E-state index is 13.2. The van der Waals surface area contributed by atoms with E-state index in [1.165, 1.54) is 31.2 Å². The van der Waals surface area contributed by atoms with Crippen molar-refractivity contribution in [2.45, 2.75) is 19.2 Å². The minimum atomic E-state index is -4.77. The van der Waals surface area contributed by atoms with Crippen molar-refractivity contribution >= 4 is 23.1 Å². The molecule has 0 saturated carbocycles. The minimum absolute atomic E-state index is 0.00419. The average molecular weight is 333 g/mol. The van der Waals surface area contributed by atoms with Crippen LogP contribution in [0.15, 0.2) is 36.4 Å². The SMILES string of the molecule is C=CC1=C(C(=O)OCC)C(C(F)(F)F)Oc2ccc(Cl)cc21. The summed E-state index contributed by atoms with van der Waals surface area (Å²) in [7, 11) is 0. The molecule has 1 heterocycles. The zero-order valence-electron chi connectivity index (χ0n) is 11.5. The summed E-state index contributed by atoms with van der Waals surface area (Å²) < 4.78 is 49.4. The molecule has 0 amide bonds. The van der Waals surface area contributed by atoms with Gasteiger partial charge in [0.15, 0.2) is 0 Å². The van der Waals surface area contributed by atoms with Crippen LogP contribution >= 0.6 is 11.6 Å². The Balaban J connectivity index is 2.70. The zero-order valence-corrected chi connectivity index (χ0v) is 12.3. The van der Waals surface area contributed by atoms with Crippen LogP contribution in [-0.4, -0.2) is 24.9 Å². The van der Waals surface area contributed by atoms with Crippen molar-refractivity contribution in [2.75, 3.05) is 6.61 Å². The first kappa shape index (κ1) is 16.4. The van der Waals surface area contributed by atoms with Crippen LogP contribution in [0.2, 0.25) is 5.02 Å². The van der Waals surface area contributed by atoms with E-state index >= 15 is 0 Å². The Hall–Kier alpha value is -1.95. The van der Waals surface area contributed by atoms with E-state index in [0.29, 0.717) is 5.02 Å². The fourth-order valence-corrected chi connectivity index (χ4v) is 2.34. The molecule has 1 unspecified atom stereocenters. The molecular formula is C15H12ClF3O3. The molecule has 0 aliphatic carbocycles. The number of ether oxygens (including phenoxy) is 2. The third-order valence-corrected chi connectivity index (χ3v) is 3.26. The van der Waals surface area contributed by atoms with Gasteiger partial charge in [-0.2, -0.15) is 13.2 Å². The quantitative estimate of drug-likeness (QED) is 0.779. The van der Waals surface area contributed by atoms with E-state index in [0.717, 1.165) is 0 Å².